The van der Waals surface area contributed by atoms with Crippen LogP contribution < -0.4 is 0 Å². The van der Waals surface area contributed by atoms with Crippen molar-refractivity contribution >= 4 is 6.02 Å². The lowest BCUT2D eigenvalue weighted by Crippen LogP contribution is -2.50. The summed E-state index contributed by atoms with van der Waals surface area (Å²) in [6, 6.07) is 17.9. The van der Waals surface area contributed by atoms with E-state index in [1.807, 2.05) is 13.8 Å². The van der Waals surface area contributed by atoms with E-state index in [4.69, 9.17) is 9.73 Å². The summed E-state index contributed by atoms with van der Waals surface area (Å²) in [7, 11) is 1.76. The summed E-state index contributed by atoms with van der Waals surface area (Å²) in [6.45, 7) is 9.56. The Bertz CT molecular complexity index is 818. The summed E-state index contributed by atoms with van der Waals surface area (Å²) < 4.78 is 17.6. The lowest BCUT2D eigenvalue weighted by Gasteiger charge is -2.43. The number of aliphatic imine (C=N–C) groups is 1. The maximum absolute atomic E-state index is 11.9. The molecule has 3 saturated heterocycles. The third-order valence-corrected chi connectivity index (χ3v) is 6.21. The quantitative estimate of drug-likeness (QED) is 0.476. The van der Waals surface area contributed by atoms with Crippen LogP contribution in [0.5, 0.6) is 0 Å². The highest BCUT2D eigenvalue weighted by Gasteiger charge is 2.35. The molecule has 2 aromatic carbocycles. The van der Waals surface area contributed by atoms with Crippen molar-refractivity contribution in [3.05, 3.63) is 71.5 Å². The average molecular weight is 426 g/mol. The van der Waals surface area contributed by atoms with Crippen LogP contribution in [0.4, 0.5) is 4.39 Å². The Hall–Kier alpha value is -2.40. The van der Waals surface area contributed by atoms with Gasteiger partial charge in [-0.25, -0.2) is 9.38 Å². The van der Waals surface area contributed by atoms with Crippen LogP contribution in [0.25, 0.3) is 0 Å². The number of ether oxygens (including phenoxy) is 1. The first kappa shape index (κ1) is 23.3. The molecule has 0 saturated carbocycles. The zero-order valence-corrected chi connectivity index (χ0v) is 19.1. The molecule has 2 bridgehead atoms. The van der Waals surface area contributed by atoms with Crippen LogP contribution in [0.1, 0.15) is 37.8 Å². The van der Waals surface area contributed by atoms with E-state index in [-0.39, 0.29) is 5.82 Å². The Morgan fingerprint density at radius 1 is 0.935 bits per heavy atom. The number of halogens is 1. The van der Waals surface area contributed by atoms with Gasteiger partial charge in [-0.1, -0.05) is 56.3 Å². The van der Waals surface area contributed by atoms with E-state index in [0.717, 1.165) is 38.0 Å². The number of amidine groups is 1. The standard InChI is InChI=1S/C18H25N3O.C6H5F.C2H6/c1-22-18(19-17-13-20-9-6-15(17)7-10-20)21-11-8-14-4-2-3-5-16(14)12-21;7-6-4-2-1-3-5-6;1-2/h2-5,15,17H,6-13H2,1H3;1-5H;1-2H3. The van der Waals surface area contributed by atoms with Crippen LogP contribution in [0.2, 0.25) is 0 Å². The highest BCUT2D eigenvalue weighted by molar-refractivity contribution is 5.74. The molecule has 0 radical (unpaired) electrons. The first-order valence-electron chi connectivity index (χ1n) is 11.6. The van der Waals surface area contributed by atoms with Gasteiger partial charge in [0.15, 0.2) is 0 Å². The molecule has 4 aliphatic rings. The molecule has 0 aliphatic carbocycles. The van der Waals surface area contributed by atoms with Crippen molar-refractivity contribution in [2.45, 2.75) is 45.7 Å². The number of nitrogens with zero attached hydrogens (tertiary/aromatic N) is 3. The Kier molecular flexibility index (Phi) is 8.89. The number of piperidine rings is 3. The van der Waals surface area contributed by atoms with E-state index < -0.39 is 0 Å². The summed E-state index contributed by atoms with van der Waals surface area (Å²) in [5.41, 5.74) is 2.88. The Morgan fingerprint density at radius 2 is 1.58 bits per heavy atom. The van der Waals surface area contributed by atoms with Gasteiger partial charge in [0.05, 0.1) is 13.2 Å². The lowest BCUT2D eigenvalue weighted by atomic mass is 9.84. The number of benzene rings is 2. The van der Waals surface area contributed by atoms with Gasteiger partial charge in [0, 0.05) is 19.6 Å². The average Bonchev–Trinajstić information content (AvgIpc) is 2.85. The Morgan fingerprint density at radius 3 is 2.13 bits per heavy atom. The first-order valence-corrected chi connectivity index (χ1v) is 11.6. The van der Waals surface area contributed by atoms with Crippen LogP contribution in [0.3, 0.4) is 0 Å². The summed E-state index contributed by atoms with van der Waals surface area (Å²) in [5.74, 6) is 0.578. The fourth-order valence-corrected chi connectivity index (χ4v) is 4.56. The highest BCUT2D eigenvalue weighted by atomic mass is 19.1. The molecule has 0 spiro atoms. The maximum Gasteiger partial charge on any atom is 0.287 e. The van der Waals surface area contributed by atoms with Gasteiger partial charge in [-0.2, -0.15) is 0 Å². The third-order valence-electron chi connectivity index (χ3n) is 6.21. The molecule has 6 rings (SSSR count). The minimum absolute atomic E-state index is 0.178. The number of fused-ring (bicyclic) bond motifs is 4. The highest BCUT2D eigenvalue weighted by Crippen LogP contribution is 2.30. The maximum atomic E-state index is 11.9. The van der Waals surface area contributed by atoms with Crippen LogP contribution >= 0.6 is 0 Å². The van der Waals surface area contributed by atoms with Gasteiger partial charge in [0.25, 0.3) is 6.02 Å². The Labute approximate surface area is 186 Å². The molecule has 4 heterocycles. The van der Waals surface area contributed by atoms with Gasteiger partial charge in [0.2, 0.25) is 0 Å². The molecule has 4 nitrogen and oxygen atoms in total. The van der Waals surface area contributed by atoms with E-state index in [2.05, 4.69) is 34.1 Å². The third kappa shape index (κ3) is 6.30. The molecule has 3 fully saturated rings. The van der Waals surface area contributed by atoms with Gasteiger partial charge in [0.1, 0.15) is 5.82 Å². The summed E-state index contributed by atoms with van der Waals surface area (Å²) in [4.78, 5) is 9.87. The minimum atomic E-state index is -0.178. The predicted molar refractivity (Wildman–Crippen MR) is 126 cm³/mol. The van der Waals surface area contributed by atoms with E-state index in [1.54, 1.807) is 25.3 Å². The van der Waals surface area contributed by atoms with Crippen LogP contribution in [-0.2, 0) is 17.7 Å². The molecular weight excluding hydrogens is 389 g/mol. The van der Waals surface area contributed by atoms with Crippen molar-refractivity contribution in [1.29, 1.82) is 0 Å². The van der Waals surface area contributed by atoms with Crippen molar-refractivity contribution in [2.24, 2.45) is 10.9 Å². The van der Waals surface area contributed by atoms with E-state index in [0.29, 0.717) is 6.04 Å². The van der Waals surface area contributed by atoms with Crippen LogP contribution in [0.15, 0.2) is 59.6 Å². The van der Waals surface area contributed by atoms with Crippen LogP contribution in [0, 0.1) is 11.7 Å². The zero-order chi connectivity index (χ0) is 22.1. The molecule has 1 atom stereocenters. The van der Waals surface area contributed by atoms with Gasteiger partial charge in [-0.3, -0.25) is 0 Å². The summed E-state index contributed by atoms with van der Waals surface area (Å²) >= 11 is 0. The number of hydrogen-bond acceptors (Lipinski definition) is 3. The zero-order valence-electron chi connectivity index (χ0n) is 19.1. The summed E-state index contributed by atoms with van der Waals surface area (Å²) in [6.07, 6.45) is 3.68. The second kappa shape index (κ2) is 11.8. The van der Waals surface area contributed by atoms with E-state index in [9.17, 15) is 4.39 Å². The van der Waals surface area contributed by atoms with Crippen molar-refractivity contribution in [3.8, 4) is 0 Å². The van der Waals surface area contributed by atoms with Crippen LogP contribution in [-0.4, -0.2) is 55.2 Å². The largest absolute Gasteiger partial charge is 0.468 e. The molecule has 0 N–H and O–H groups in total. The van der Waals surface area contributed by atoms with Gasteiger partial charge >= 0.3 is 0 Å². The van der Waals surface area contributed by atoms with E-state index in [1.165, 1.54) is 49.2 Å². The fourth-order valence-electron chi connectivity index (χ4n) is 4.56. The fraction of sp³-hybridized carbons (Fsp3) is 0.500. The summed E-state index contributed by atoms with van der Waals surface area (Å²) in [5, 5.41) is 0. The smallest absolute Gasteiger partial charge is 0.287 e. The second-order valence-electron chi connectivity index (χ2n) is 8.06. The van der Waals surface area contributed by atoms with Crippen molar-refractivity contribution in [1.82, 2.24) is 9.80 Å². The monoisotopic (exact) mass is 425 g/mol. The van der Waals surface area contributed by atoms with Crippen molar-refractivity contribution in [2.75, 3.05) is 33.3 Å². The number of hydrogen-bond donors (Lipinski definition) is 0. The molecule has 2 aromatic rings. The second-order valence-corrected chi connectivity index (χ2v) is 8.06. The molecule has 31 heavy (non-hydrogen) atoms. The lowest BCUT2D eigenvalue weighted by molar-refractivity contribution is 0.0879. The molecule has 5 heteroatoms. The molecule has 4 aliphatic heterocycles. The number of rotatable bonds is 1. The van der Waals surface area contributed by atoms with Gasteiger partial charge in [-0.15, -0.1) is 0 Å². The Balaban J connectivity index is 0.000000256. The van der Waals surface area contributed by atoms with Crippen molar-refractivity contribution in [3.63, 3.8) is 0 Å². The molecule has 0 amide bonds. The SMILES string of the molecule is CC.COC(=NC1CN2CCC1CC2)N1CCc2ccccc2C1.Fc1ccccc1. The van der Waals surface area contributed by atoms with Gasteiger partial charge < -0.3 is 14.5 Å². The first-order chi connectivity index (χ1) is 15.2. The molecule has 168 valence electrons. The van der Waals surface area contributed by atoms with Gasteiger partial charge in [-0.05, 0) is 61.5 Å². The normalized spacial score (nSPS) is 24.2. The molecular formula is C26H36FN3O. The van der Waals surface area contributed by atoms with E-state index >= 15 is 0 Å². The number of methoxy groups -OCH3 is 1. The molecule has 1 unspecified atom stereocenters. The topological polar surface area (TPSA) is 28.1 Å². The minimum Gasteiger partial charge on any atom is -0.468 e. The molecule has 0 aromatic heterocycles. The van der Waals surface area contributed by atoms with Crippen molar-refractivity contribution < 1.29 is 9.13 Å². The predicted octanol–water partition coefficient (Wildman–Crippen LogP) is 4.99.